The van der Waals surface area contributed by atoms with Crippen molar-refractivity contribution in [3.63, 3.8) is 0 Å². The molecule has 1 heterocycles. The molecule has 0 saturated carbocycles. The summed E-state index contributed by atoms with van der Waals surface area (Å²) in [5, 5.41) is 2.93. The molecule has 0 aliphatic carbocycles. The van der Waals surface area contributed by atoms with E-state index in [2.05, 4.69) is 5.32 Å². The number of hydrogen-bond donors (Lipinski definition) is 1. The Kier molecular flexibility index (Phi) is 7.17. The molecule has 7 heteroatoms. The highest BCUT2D eigenvalue weighted by molar-refractivity contribution is 5.77. The van der Waals surface area contributed by atoms with Crippen molar-refractivity contribution in [3.8, 4) is 11.5 Å². The van der Waals surface area contributed by atoms with Crippen LogP contribution in [0.3, 0.4) is 0 Å². The quantitative estimate of drug-likeness (QED) is 0.557. The molecular weight excluding hydrogens is 382 g/mol. The predicted octanol–water partition coefficient (Wildman–Crippen LogP) is 2.89. The summed E-state index contributed by atoms with van der Waals surface area (Å²) in [6, 6.07) is 13.4. The van der Waals surface area contributed by atoms with Gasteiger partial charge in [-0.3, -0.25) is 13.9 Å². The predicted molar refractivity (Wildman–Crippen MR) is 117 cm³/mol. The SMILES string of the molecule is CCOc1ccc(CCNC(=O)CCn2c(=O)n(C)c3ccccc32)cc1OCC. The van der Waals surface area contributed by atoms with Crippen LogP contribution < -0.4 is 20.5 Å². The molecule has 7 nitrogen and oxygen atoms in total. The molecule has 3 aromatic rings. The average molecular weight is 412 g/mol. The van der Waals surface area contributed by atoms with Gasteiger partial charge in [0.15, 0.2) is 11.5 Å². The van der Waals surface area contributed by atoms with Gasteiger partial charge in [-0.1, -0.05) is 18.2 Å². The minimum atomic E-state index is -0.109. The van der Waals surface area contributed by atoms with Crippen LogP contribution in [-0.2, 0) is 24.8 Å². The Hall–Kier alpha value is -3.22. The highest BCUT2D eigenvalue weighted by atomic mass is 16.5. The Morgan fingerprint density at radius 3 is 2.43 bits per heavy atom. The van der Waals surface area contributed by atoms with Gasteiger partial charge in [0.25, 0.3) is 0 Å². The van der Waals surface area contributed by atoms with E-state index in [0.717, 1.165) is 28.1 Å². The number of para-hydroxylation sites is 2. The van der Waals surface area contributed by atoms with E-state index < -0.39 is 0 Å². The highest BCUT2D eigenvalue weighted by Crippen LogP contribution is 2.28. The molecule has 0 aliphatic rings. The largest absolute Gasteiger partial charge is 0.490 e. The second-order valence-electron chi connectivity index (χ2n) is 6.98. The van der Waals surface area contributed by atoms with Crippen LogP contribution in [0.25, 0.3) is 11.0 Å². The van der Waals surface area contributed by atoms with Crippen molar-refractivity contribution in [2.45, 2.75) is 33.2 Å². The van der Waals surface area contributed by atoms with E-state index in [4.69, 9.17) is 9.47 Å². The summed E-state index contributed by atoms with van der Waals surface area (Å²) in [4.78, 5) is 24.7. The van der Waals surface area contributed by atoms with Gasteiger partial charge in [-0.25, -0.2) is 4.79 Å². The number of benzene rings is 2. The van der Waals surface area contributed by atoms with E-state index in [1.807, 2.05) is 56.3 Å². The number of amides is 1. The average Bonchev–Trinajstić information content (AvgIpc) is 2.99. The summed E-state index contributed by atoms with van der Waals surface area (Å²) >= 11 is 0. The number of carbonyl (C=O) groups excluding carboxylic acids is 1. The number of aromatic nitrogens is 2. The Bertz CT molecular complexity index is 1070. The molecule has 30 heavy (non-hydrogen) atoms. The van der Waals surface area contributed by atoms with Crippen molar-refractivity contribution in [1.82, 2.24) is 14.5 Å². The number of hydrogen-bond acceptors (Lipinski definition) is 4. The number of ether oxygens (including phenoxy) is 2. The maximum atomic E-state index is 12.4. The van der Waals surface area contributed by atoms with Crippen molar-refractivity contribution >= 4 is 16.9 Å². The zero-order chi connectivity index (χ0) is 21.5. The molecule has 3 rings (SSSR count). The van der Waals surface area contributed by atoms with E-state index in [1.54, 1.807) is 16.2 Å². The highest BCUT2D eigenvalue weighted by Gasteiger charge is 2.11. The smallest absolute Gasteiger partial charge is 0.328 e. The molecule has 0 bridgehead atoms. The van der Waals surface area contributed by atoms with Gasteiger partial charge < -0.3 is 14.8 Å². The third-order valence-electron chi connectivity index (χ3n) is 4.96. The molecule has 0 unspecified atom stereocenters. The van der Waals surface area contributed by atoms with Crippen LogP contribution in [0.1, 0.15) is 25.8 Å². The number of aryl methyl sites for hydroxylation is 2. The topological polar surface area (TPSA) is 74.5 Å². The van der Waals surface area contributed by atoms with Crippen molar-refractivity contribution in [2.75, 3.05) is 19.8 Å². The van der Waals surface area contributed by atoms with Gasteiger partial charge in [-0.2, -0.15) is 0 Å². The van der Waals surface area contributed by atoms with E-state index in [-0.39, 0.29) is 18.0 Å². The standard InChI is InChI=1S/C23H29N3O4/c1-4-29-20-11-10-17(16-21(20)30-5-2)12-14-24-22(27)13-15-26-19-9-7-6-8-18(19)25(3)23(26)28/h6-11,16H,4-5,12-15H2,1-3H3,(H,24,27). The van der Waals surface area contributed by atoms with E-state index >= 15 is 0 Å². The monoisotopic (exact) mass is 411 g/mol. The molecule has 1 aromatic heterocycles. The zero-order valence-electron chi connectivity index (χ0n) is 17.8. The lowest BCUT2D eigenvalue weighted by molar-refractivity contribution is -0.121. The van der Waals surface area contributed by atoms with Gasteiger partial charge in [0.2, 0.25) is 5.91 Å². The van der Waals surface area contributed by atoms with E-state index in [0.29, 0.717) is 32.7 Å². The van der Waals surface area contributed by atoms with Crippen LogP contribution in [0, 0.1) is 0 Å². The first-order valence-corrected chi connectivity index (χ1v) is 10.3. The normalized spacial score (nSPS) is 10.9. The molecule has 1 N–H and O–H groups in total. The summed E-state index contributed by atoms with van der Waals surface area (Å²) in [7, 11) is 1.74. The Morgan fingerprint density at radius 2 is 1.70 bits per heavy atom. The maximum Gasteiger partial charge on any atom is 0.328 e. The van der Waals surface area contributed by atoms with Gasteiger partial charge in [0.1, 0.15) is 0 Å². The number of fused-ring (bicyclic) bond motifs is 1. The van der Waals surface area contributed by atoms with Gasteiger partial charge >= 0.3 is 5.69 Å². The van der Waals surface area contributed by atoms with Crippen LogP contribution in [0.5, 0.6) is 11.5 Å². The summed E-state index contributed by atoms with van der Waals surface area (Å²) in [5.41, 5.74) is 2.66. The van der Waals surface area contributed by atoms with Gasteiger partial charge in [-0.15, -0.1) is 0 Å². The third-order valence-corrected chi connectivity index (χ3v) is 4.96. The van der Waals surface area contributed by atoms with Crippen molar-refractivity contribution in [2.24, 2.45) is 7.05 Å². The molecular formula is C23H29N3O4. The fraction of sp³-hybridized carbons (Fsp3) is 0.391. The molecule has 160 valence electrons. The minimum Gasteiger partial charge on any atom is -0.490 e. The summed E-state index contributed by atoms with van der Waals surface area (Å²) < 4.78 is 14.5. The lowest BCUT2D eigenvalue weighted by Gasteiger charge is -2.12. The molecule has 0 spiro atoms. The minimum absolute atomic E-state index is 0.0780. The molecule has 0 fully saturated rings. The first-order valence-electron chi connectivity index (χ1n) is 10.3. The number of carbonyl (C=O) groups is 1. The maximum absolute atomic E-state index is 12.4. The summed E-state index contributed by atoms with van der Waals surface area (Å²) in [5.74, 6) is 1.37. The first kappa shape index (κ1) is 21.5. The van der Waals surface area contributed by atoms with Crippen LogP contribution in [0.15, 0.2) is 47.3 Å². The number of rotatable bonds is 10. The van der Waals surface area contributed by atoms with Gasteiger partial charge in [0, 0.05) is 26.6 Å². The lowest BCUT2D eigenvalue weighted by atomic mass is 10.1. The summed E-state index contributed by atoms with van der Waals surface area (Å²) in [6.45, 7) is 5.88. The van der Waals surface area contributed by atoms with Crippen molar-refractivity contribution in [1.29, 1.82) is 0 Å². The summed E-state index contributed by atoms with van der Waals surface area (Å²) in [6.07, 6.45) is 0.938. The van der Waals surface area contributed by atoms with E-state index in [1.165, 1.54) is 0 Å². The number of imidazole rings is 1. The number of nitrogens with one attached hydrogen (secondary N) is 1. The van der Waals surface area contributed by atoms with Crippen LogP contribution >= 0.6 is 0 Å². The number of nitrogens with zero attached hydrogens (tertiary/aromatic N) is 2. The van der Waals surface area contributed by atoms with Crippen LogP contribution in [0.2, 0.25) is 0 Å². The van der Waals surface area contributed by atoms with Gasteiger partial charge in [-0.05, 0) is 50.1 Å². The lowest BCUT2D eigenvalue weighted by Crippen LogP contribution is -2.29. The van der Waals surface area contributed by atoms with Crippen LogP contribution in [-0.4, -0.2) is 34.8 Å². The third kappa shape index (κ3) is 4.84. The fourth-order valence-electron chi connectivity index (χ4n) is 3.48. The molecule has 1 amide bonds. The van der Waals surface area contributed by atoms with Gasteiger partial charge in [0.05, 0.1) is 24.2 Å². The second-order valence-corrected chi connectivity index (χ2v) is 6.98. The Labute approximate surface area is 176 Å². The Morgan fingerprint density at radius 1 is 1.00 bits per heavy atom. The van der Waals surface area contributed by atoms with Crippen LogP contribution in [0.4, 0.5) is 0 Å². The second kappa shape index (κ2) is 10.0. The zero-order valence-corrected chi connectivity index (χ0v) is 17.8. The molecule has 0 aliphatic heterocycles. The first-order chi connectivity index (χ1) is 14.5. The molecule has 2 aromatic carbocycles. The molecule has 0 radical (unpaired) electrons. The molecule has 0 atom stereocenters. The van der Waals surface area contributed by atoms with Crippen molar-refractivity contribution < 1.29 is 14.3 Å². The van der Waals surface area contributed by atoms with E-state index in [9.17, 15) is 9.59 Å². The fourth-order valence-corrected chi connectivity index (χ4v) is 3.48. The van der Waals surface area contributed by atoms with Crippen molar-refractivity contribution in [3.05, 3.63) is 58.5 Å². The Balaban J connectivity index is 1.54. The molecule has 0 saturated heterocycles.